The van der Waals surface area contributed by atoms with Gasteiger partial charge in [0.2, 0.25) is 0 Å². The third-order valence-electron chi connectivity index (χ3n) is 6.97. The second-order valence-electron chi connectivity index (χ2n) is 8.88. The maximum atomic E-state index is 9.28. The fourth-order valence-electron chi connectivity index (χ4n) is 5.34. The van der Waals surface area contributed by atoms with Crippen LogP contribution in [0.25, 0.3) is 75.8 Å². The van der Waals surface area contributed by atoms with Gasteiger partial charge in [-0.1, -0.05) is 121 Å². The Balaban J connectivity index is 1.61. The molecule has 36 heavy (non-hydrogen) atoms. The molecule has 0 heteroatoms. The highest BCUT2D eigenvalue weighted by molar-refractivity contribution is 6.22. The van der Waals surface area contributed by atoms with Gasteiger partial charge in [0.15, 0.2) is 0 Å². The van der Waals surface area contributed by atoms with Crippen LogP contribution in [-0.2, 0) is 0 Å². The largest absolute Gasteiger partial charge is 0.0636 e. The molecule has 0 aliphatic carbocycles. The molecule has 0 aromatic heterocycles. The van der Waals surface area contributed by atoms with Crippen LogP contribution >= 0.6 is 0 Å². The highest BCUT2D eigenvalue weighted by Crippen LogP contribution is 2.41. The standard InChI is InChI=1S/C36H22/c1-4-10-28-23(7-1)13-18-33-30-17-16-27(21-26(30)15-19-32(28)33)36-31-12-6-3-9-25(31)22-35-29-11-5-2-8-24(29)14-20-34(35)36/h1-22H/i2D,3D,5D,6D,8D,9D,11D,12D,14D,20D,22D. The van der Waals surface area contributed by atoms with E-state index in [-0.39, 0.29) is 37.9 Å². The predicted molar refractivity (Wildman–Crippen MR) is 157 cm³/mol. The van der Waals surface area contributed by atoms with Gasteiger partial charge in [-0.15, -0.1) is 0 Å². The van der Waals surface area contributed by atoms with Crippen molar-refractivity contribution in [2.24, 2.45) is 0 Å². The molecule has 0 aliphatic heterocycles. The fraction of sp³-hybridized carbons (Fsp3) is 0. The van der Waals surface area contributed by atoms with E-state index >= 15 is 0 Å². The van der Waals surface area contributed by atoms with E-state index in [1.54, 1.807) is 6.07 Å². The Morgan fingerprint density at radius 2 is 1.08 bits per heavy atom. The third-order valence-corrected chi connectivity index (χ3v) is 6.97. The van der Waals surface area contributed by atoms with Gasteiger partial charge in [0, 0.05) is 0 Å². The summed E-state index contributed by atoms with van der Waals surface area (Å²) < 4.78 is 96.0. The van der Waals surface area contributed by atoms with Crippen LogP contribution in [0.15, 0.2) is 133 Å². The van der Waals surface area contributed by atoms with Gasteiger partial charge < -0.3 is 0 Å². The number of hydrogen-bond acceptors (Lipinski definition) is 0. The average Bonchev–Trinajstić information content (AvgIpc) is 3.08. The second-order valence-corrected chi connectivity index (χ2v) is 8.88. The van der Waals surface area contributed by atoms with Crippen molar-refractivity contribution in [2.45, 2.75) is 0 Å². The number of benzene rings is 8. The highest BCUT2D eigenvalue weighted by atomic mass is 14.2. The monoisotopic (exact) mass is 465 g/mol. The molecule has 0 radical (unpaired) electrons. The van der Waals surface area contributed by atoms with Crippen molar-refractivity contribution < 1.29 is 15.1 Å². The molecule has 8 rings (SSSR count). The summed E-state index contributed by atoms with van der Waals surface area (Å²) in [6.07, 6.45) is 0. The van der Waals surface area contributed by atoms with E-state index in [1.807, 2.05) is 36.4 Å². The van der Waals surface area contributed by atoms with Gasteiger partial charge >= 0.3 is 0 Å². The molecule has 0 unspecified atom stereocenters. The average molecular weight is 466 g/mol. The Labute approximate surface area is 224 Å². The lowest BCUT2D eigenvalue weighted by molar-refractivity contribution is 1.72. The van der Waals surface area contributed by atoms with Crippen molar-refractivity contribution in [3.63, 3.8) is 0 Å². The van der Waals surface area contributed by atoms with Gasteiger partial charge in [0.05, 0.1) is 15.1 Å². The minimum atomic E-state index is -0.571. The van der Waals surface area contributed by atoms with Gasteiger partial charge in [-0.2, -0.15) is 0 Å². The summed E-state index contributed by atoms with van der Waals surface area (Å²) in [7, 11) is 0. The molecule has 0 saturated carbocycles. The molecular formula is C36H22. The number of fused-ring (bicyclic) bond motifs is 9. The molecule has 0 fully saturated rings. The smallest absolute Gasteiger partial charge is 0.0616 e. The summed E-state index contributed by atoms with van der Waals surface area (Å²) in [5, 5.41) is 5.54. The van der Waals surface area contributed by atoms with Gasteiger partial charge in [-0.25, -0.2) is 0 Å². The first-order valence-corrected chi connectivity index (χ1v) is 11.6. The van der Waals surface area contributed by atoms with Crippen molar-refractivity contribution in [3.05, 3.63) is 133 Å². The molecular weight excluding hydrogens is 432 g/mol. The summed E-state index contributed by atoms with van der Waals surface area (Å²) in [6.45, 7) is 0. The van der Waals surface area contributed by atoms with Gasteiger partial charge in [0.25, 0.3) is 0 Å². The molecule has 0 bridgehead atoms. The Morgan fingerprint density at radius 1 is 0.389 bits per heavy atom. The lowest BCUT2D eigenvalue weighted by atomic mass is 9.88. The minimum Gasteiger partial charge on any atom is -0.0616 e. The van der Waals surface area contributed by atoms with E-state index in [1.165, 1.54) is 0 Å². The van der Waals surface area contributed by atoms with Crippen LogP contribution in [0.1, 0.15) is 15.1 Å². The predicted octanol–water partition coefficient (Wildman–Crippen LogP) is 10.3. The van der Waals surface area contributed by atoms with E-state index in [0.29, 0.717) is 5.56 Å². The molecule has 8 aromatic rings. The lowest BCUT2D eigenvalue weighted by Crippen LogP contribution is -1.88. The van der Waals surface area contributed by atoms with Crippen LogP contribution in [0.2, 0.25) is 0 Å². The zero-order valence-electron chi connectivity index (χ0n) is 29.9. The first kappa shape index (κ1) is 11.8. The summed E-state index contributed by atoms with van der Waals surface area (Å²) in [6, 6.07) is 16.5. The van der Waals surface area contributed by atoms with Crippen LogP contribution in [0.3, 0.4) is 0 Å². The molecule has 0 nitrogen and oxygen atoms in total. The van der Waals surface area contributed by atoms with Gasteiger partial charge in [0.1, 0.15) is 0 Å². The maximum Gasteiger partial charge on any atom is 0.0636 e. The van der Waals surface area contributed by atoms with Crippen LogP contribution in [-0.4, -0.2) is 0 Å². The van der Waals surface area contributed by atoms with Crippen molar-refractivity contribution >= 4 is 64.6 Å². The summed E-state index contributed by atoms with van der Waals surface area (Å²) >= 11 is 0. The zero-order chi connectivity index (χ0) is 33.2. The topological polar surface area (TPSA) is 0 Å². The fourth-order valence-corrected chi connectivity index (χ4v) is 5.34. The molecule has 0 heterocycles. The zero-order valence-corrected chi connectivity index (χ0v) is 18.9. The molecule has 0 amide bonds. The van der Waals surface area contributed by atoms with E-state index < -0.39 is 66.5 Å². The van der Waals surface area contributed by atoms with E-state index in [0.717, 1.165) is 32.3 Å². The SMILES string of the molecule is [2H]c1c([2H])c([2H])c2c([2H])c3c(c([2H])c([2H])c4c([2H])c([2H])c([2H])c([2H])c43)c(-c3ccc4c(ccc5c6ccccc6ccc45)c3)c2c1[2H]. The lowest BCUT2D eigenvalue weighted by Gasteiger charge is -2.15. The van der Waals surface area contributed by atoms with E-state index in [9.17, 15) is 2.74 Å². The molecule has 8 aromatic carbocycles. The normalized spacial score (nSPS) is 16.2. The van der Waals surface area contributed by atoms with Gasteiger partial charge in [-0.05, 0) is 87.9 Å². The molecule has 0 aliphatic rings. The van der Waals surface area contributed by atoms with E-state index in [2.05, 4.69) is 24.3 Å². The van der Waals surface area contributed by atoms with Crippen LogP contribution in [0.5, 0.6) is 0 Å². The Kier molecular flexibility index (Phi) is 2.44. The maximum absolute atomic E-state index is 9.28. The van der Waals surface area contributed by atoms with Crippen LogP contribution in [0, 0.1) is 0 Å². The molecule has 0 atom stereocenters. The molecule has 0 N–H and O–H groups in total. The Bertz CT molecular complexity index is 2750. The summed E-state index contributed by atoms with van der Waals surface area (Å²) in [5.74, 6) is 0. The first-order chi connectivity index (χ1) is 22.4. The Morgan fingerprint density at radius 3 is 1.97 bits per heavy atom. The minimum absolute atomic E-state index is 0.00715. The Hall–Kier alpha value is -4.68. The van der Waals surface area contributed by atoms with Crippen molar-refractivity contribution in [2.75, 3.05) is 0 Å². The quantitative estimate of drug-likeness (QED) is 0.167. The van der Waals surface area contributed by atoms with Crippen molar-refractivity contribution in [1.82, 2.24) is 0 Å². The van der Waals surface area contributed by atoms with Crippen molar-refractivity contribution in [3.8, 4) is 11.1 Å². The highest BCUT2D eigenvalue weighted by Gasteiger charge is 2.13. The molecule has 0 saturated heterocycles. The number of hydrogen-bond donors (Lipinski definition) is 0. The van der Waals surface area contributed by atoms with Crippen LogP contribution < -0.4 is 0 Å². The van der Waals surface area contributed by atoms with Gasteiger partial charge in [-0.3, -0.25) is 0 Å². The number of rotatable bonds is 1. The first-order valence-electron chi connectivity index (χ1n) is 17.1. The van der Waals surface area contributed by atoms with E-state index in [4.69, 9.17) is 12.3 Å². The van der Waals surface area contributed by atoms with Crippen LogP contribution in [0.4, 0.5) is 0 Å². The third kappa shape index (κ3) is 2.76. The van der Waals surface area contributed by atoms with Crippen molar-refractivity contribution in [1.29, 1.82) is 0 Å². The summed E-state index contributed by atoms with van der Waals surface area (Å²) in [4.78, 5) is 0. The molecule has 166 valence electrons. The second kappa shape index (κ2) is 7.41. The molecule has 0 spiro atoms. The summed E-state index contributed by atoms with van der Waals surface area (Å²) in [5.41, 5.74) is 0.678.